The van der Waals surface area contributed by atoms with Crippen LogP contribution in [0.3, 0.4) is 0 Å². The van der Waals surface area contributed by atoms with Gasteiger partial charge in [0.25, 0.3) is 5.91 Å². The number of hydrogen-bond acceptors (Lipinski definition) is 8. The number of likely N-dealkylation sites (tertiary alicyclic amines) is 1. The van der Waals surface area contributed by atoms with Crippen molar-refractivity contribution >= 4 is 17.2 Å². The van der Waals surface area contributed by atoms with E-state index in [9.17, 15) is 9.18 Å². The van der Waals surface area contributed by atoms with E-state index in [0.717, 1.165) is 11.1 Å². The highest BCUT2D eigenvalue weighted by atomic mass is 32.1. The molecule has 1 aliphatic heterocycles. The van der Waals surface area contributed by atoms with Crippen molar-refractivity contribution in [3.63, 3.8) is 0 Å². The number of amides is 1. The zero-order chi connectivity index (χ0) is 25.7. The number of ether oxygens (including phenoxy) is 1. The van der Waals surface area contributed by atoms with Crippen molar-refractivity contribution < 1.29 is 13.9 Å². The molecule has 1 aliphatic carbocycles. The molecule has 2 fully saturated rings. The number of aromatic nitrogens is 4. The lowest BCUT2D eigenvalue weighted by atomic mass is 9.95. The van der Waals surface area contributed by atoms with Gasteiger partial charge in [0, 0.05) is 54.5 Å². The number of carbonyl (C=O) groups excluding carboxylic acids is 1. The predicted octanol–water partition coefficient (Wildman–Crippen LogP) is 4.14. The second kappa shape index (κ2) is 8.97. The van der Waals surface area contributed by atoms with Gasteiger partial charge in [-0.25, -0.2) is 24.3 Å². The van der Waals surface area contributed by atoms with Gasteiger partial charge in [-0.2, -0.15) is 0 Å². The molecule has 0 radical (unpaired) electrons. The van der Waals surface area contributed by atoms with Gasteiger partial charge >= 0.3 is 0 Å². The summed E-state index contributed by atoms with van der Waals surface area (Å²) in [5.74, 6) is 1.17. The highest BCUT2D eigenvalue weighted by Gasteiger charge is 2.59. The Kier molecular flexibility index (Phi) is 5.73. The van der Waals surface area contributed by atoms with E-state index in [4.69, 9.17) is 10.5 Å². The average Bonchev–Trinajstić information content (AvgIpc) is 3.27. The zero-order valence-corrected chi connectivity index (χ0v) is 21.2. The first kappa shape index (κ1) is 23.6. The molecule has 6 rings (SSSR count). The summed E-state index contributed by atoms with van der Waals surface area (Å²) in [6, 6.07) is 11.7. The number of nitrogens with two attached hydrogens (primary N) is 1. The fourth-order valence-corrected chi connectivity index (χ4v) is 5.53. The molecule has 3 aromatic heterocycles. The van der Waals surface area contributed by atoms with Crippen LogP contribution in [-0.2, 0) is 5.54 Å². The van der Waals surface area contributed by atoms with E-state index in [2.05, 4.69) is 19.9 Å². The largest absolute Gasteiger partial charge is 0.474 e. The molecule has 188 valence electrons. The lowest BCUT2D eigenvalue weighted by Crippen LogP contribution is -2.33. The Bertz CT molecular complexity index is 1440. The fraction of sp³-hybridized carbons (Fsp3) is 0.296. The first-order valence-corrected chi connectivity index (χ1v) is 12.8. The van der Waals surface area contributed by atoms with E-state index in [-0.39, 0.29) is 29.7 Å². The summed E-state index contributed by atoms with van der Waals surface area (Å²) in [5, 5.41) is 0.625. The maximum atomic E-state index is 13.4. The number of carbonyl (C=O) groups is 1. The van der Waals surface area contributed by atoms with Crippen LogP contribution >= 0.6 is 11.3 Å². The summed E-state index contributed by atoms with van der Waals surface area (Å²) in [7, 11) is 0. The van der Waals surface area contributed by atoms with Crippen molar-refractivity contribution in [3.05, 3.63) is 77.3 Å². The molecule has 10 heteroatoms. The molecule has 2 atom stereocenters. The van der Waals surface area contributed by atoms with Gasteiger partial charge in [-0.1, -0.05) is 0 Å². The molecule has 8 nitrogen and oxygen atoms in total. The van der Waals surface area contributed by atoms with Gasteiger partial charge < -0.3 is 15.4 Å². The molecule has 0 spiro atoms. The van der Waals surface area contributed by atoms with E-state index in [1.807, 2.05) is 30.9 Å². The third-order valence-corrected chi connectivity index (χ3v) is 7.80. The standard InChI is InChI=1S/C27H25FN6O2S/c1-27(2,29)16-10-20(15-4-6-17(28)7-5-15)33-22(11-16)36-23-18-13-34(14-19(18)23)26(35)21-12-32-25(37-21)24-30-8-3-9-31-24/h3-12,18-19,23H,13-14,29H2,1-2H3. The summed E-state index contributed by atoms with van der Waals surface area (Å²) >= 11 is 1.30. The van der Waals surface area contributed by atoms with Gasteiger partial charge in [-0.05, 0) is 55.8 Å². The fourth-order valence-electron chi connectivity index (χ4n) is 4.70. The summed E-state index contributed by atoms with van der Waals surface area (Å²) < 4.78 is 19.7. The van der Waals surface area contributed by atoms with Crippen LogP contribution in [0, 0.1) is 17.7 Å². The van der Waals surface area contributed by atoms with Crippen molar-refractivity contribution in [1.82, 2.24) is 24.8 Å². The summed E-state index contributed by atoms with van der Waals surface area (Å²) in [5.41, 5.74) is 8.12. The highest BCUT2D eigenvalue weighted by molar-refractivity contribution is 7.16. The maximum absolute atomic E-state index is 13.4. The van der Waals surface area contributed by atoms with Gasteiger partial charge in [0.1, 0.15) is 16.8 Å². The molecule has 2 aliphatic rings. The highest BCUT2D eigenvalue weighted by Crippen LogP contribution is 2.48. The molecule has 2 unspecified atom stereocenters. The monoisotopic (exact) mass is 516 g/mol. The Hall–Kier alpha value is -3.76. The smallest absolute Gasteiger partial charge is 0.265 e. The summed E-state index contributed by atoms with van der Waals surface area (Å²) in [6.07, 6.45) is 4.89. The van der Waals surface area contributed by atoms with Crippen LogP contribution in [0.1, 0.15) is 29.1 Å². The van der Waals surface area contributed by atoms with Gasteiger partial charge in [0.05, 0.1) is 11.9 Å². The molecule has 1 amide bonds. The molecule has 2 N–H and O–H groups in total. The van der Waals surface area contributed by atoms with Gasteiger partial charge in [-0.3, -0.25) is 4.79 Å². The normalized spacial score (nSPS) is 20.5. The number of rotatable bonds is 6. The first-order valence-electron chi connectivity index (χ1n) is 12.0. The number of pyridine rings is 1. The lowest BCUT2D eigenvalue weighted by molar-refractivity contribution is 0.0756. The number of halogens is 1. The van der Waals surface area contributed by atoms with E-state index in [1.54, 1.807) is 36.8 Å². The topological polar surface area (TPSA) is 107 Å². The molecule has 1 aromatic carbocycles. The van der Waals surface area contributed by atoms with Crippen LogP contribution in [-0.4, -0.2) is 49.9 Å². The molecule has 1 saturated heterocycles. The van der Waals surface area contributed by atoms with Crippen LogP contribution < -0.4 is 10.5 Å². The Morgan fingerprint density at radius 1 is 1.11 bits per heavy atom. The van der Waals surface area contributed by atoms with Crippen LogP contribution in [0.15, 0.2) is 61.1 Å². The van der Waals surface area contributed by atoms with Crippen LogP contribution in [0.2, 0.25) is 0 Å². The maximum Gasteiger partial charge on any atom is 0.265 e. The number of hydrogen-bond donors (Lipinski definition) is 1. The van der Waals surface area contributed by atoms with Crippen molar-refractivity contribution in [2.45, 2.75) is 25.5 Å². The summed E-state index contributed by atoms with van der Waals surface area (Å²) in [6.45, 7) is 5.08. The third-order valence-electron chi connectivity index (χ3n) is 6.82. The van der Waals surface area contributed by atoms with E-state index in [1.165, 1.54) is 23.5 Å². The van der Waals surface area contributed by atoms with E-state index in [0.29, 0.717) is 40.4 Å². The zero-order valence-electron chi connectivity index (χ0n) is 20.3. The number of thiazole rings is 1. The van der Waals surface area contributed by atoms with Crippen molar-refractivity contribution in [1.29, 1.82) is 0 Å². The molecule has 37 heavy (non-hydrogen) atoms. The Morgan fingerprint density at radius 2 is 1.81 bits per heavy atom. The minimum Gasteiger partial charge on any atom is -0.474 e. The quantitative estimate of drug-likeness (QED) is 0.410. The third kappa shape index (κ3) is 4.70. The number of benzene rings is 1. The second-order valence-corrected chi connectivity index (χ2v) is 11.1. The number of fused-ring (bicyclic) bond motifs is 1. The van der Waals surface area contributed by atoms with Crippen LogP contribution in [0.5, 0.6) is 5.88 Å². The van der Waals surface area contributed by atoms with E-state index >= 15 is 0 Å². The average molecular weight is 517 g/mol. The van der Waals surface area contributed by atoms with Gasteiger partial charge in [0.2, 0.25) is 5.88 Å². The Balaban J connectivity index is 1.14. The minimum absolute atomic E-state index is 0.0107. The molecule has 4 heterocycles. The SMILES string of the molecule is CC(C)(N)c1cc(OC2C3CN(C(=O)c4cnc(-c5ncccn5)s4)CC32)nc(-c2ccc(F)cc2)c1. The van der Waals surface area contributed by atoms with Gasteiger partial charge in [0.15, 0.2) is 10.8 Å². The van der Waals surface area contributed by atoms with Gasteiger partial charge in [-0.15, -0.1) is 11.3 Å². The lowest BCUT2D eigenvalue weighted by Gasteiger charge is -2.22. The predicted molar refractivity (Wildman–Crippen MR) is 137 cm³/mol. The van der Waals surface area contributed by atoms with E-state index < -0.39 is 5.54 Å². The van der Waals surface area contributed by atoms with Crippen molar-refractivity contribution in [2.75, 3.05) is 13.1 Å². The van der Waals surface area contributed by atoms with Crippen molar-refractivity contribution in [3.8, 4) is 28.0 Å². The molecular formula is C27H25FN6O2S. The van der Waals surface area contributed by atoms with Crippen LogP contribution in [0.25, 0.3) is 22.1 Å². The molecular weight excluding hydrogens is 491 g/mol. The second-order valence-electron chi connectivity index (χ2n) is 10.0. The first-order chi connectivity index (χ1) is 17.8. The molecule has 0 bridgehead atoms. The Morgan fingerprint density at radius 3 is 2.49 bits per heavy atom. The van der Waals surface area contributed by atoms with Crippen molar-refractivity contribution in [2.24, 2.45) is 17.6 Å². The Labute approximate surface area is 217 Å². The van der Waals surface area contributed by atoms with Crippen LogP contribution in [0.4, 0.5) is 4.39 Å². The molecule has 4 aromatic rings. The summed E-state index contributed by atoms with van der Waals surface area (Å²) in [4.78, 5) is 32.9. The number of piperidine rings is 1. The number of nitrogens with zero attached hydrogens (tertiary/aromatic N) is 5. The minimum atomic E-state index is -0.600. The molecule has 1 saturated carbocycles.